The van der Waals surface area contributed by atoms with Crippen LogP contribution in [0, 0.1) is 6.92 Å². The number of aromatic nitrogens is 2. The van der Waals surface area contributed by atoms with Crippen LogP contribution < -0.4 is 5.73 Å². The molecule has 0 saturated carbocycles. The van der Waals surface area contributed by atoms with Crippen LogP contribution in [-0.4, -0.2) is 27.5 Å². The minimum atomic E-state index is 0.352. The second-order valence-corrected chi connectivity index (χ2v) is 5.75. The Labute approximate surface area is 86.3 Å². The van der Waals surface area contributed by atoms with Gasteiger partial charge in [0.25, 0.3) is 0 Å². The molecule has 3 N–H and O–H groups in total. The summed E-state index contributed by atoms with van der Waals surface area (Å²) in [6.07, 6.45) is 1.76. The van der Waals surface area contributed by atoms with Crippen molar-refractivity contribution in [2.24, 2.45) is 5.73 Å². The largest absolute Gasteiger partial charge is 0.348 e. The van der Waals surface area contributed by atoms with Gasteiger partial charge in [0.1, 0.15) is 0 Å². The molecule has 5 heteroatoms. The Hall–Kier alpha value is -0.130. The average molecular weight is 215 g/mol. The second-order valence-electron chi connectivity index (χ2n) is 3.17. The van der Waals surface area contributed by atoms with Crippen molar-refractivity contribution in [2.45, 2.75) is 17.5 Å². The van der Waals surface area contributed by atoms with E-state index in [2.05, 4.69) is 16.9 Å². The van der Waals surface area contributed by atoms with Crippen LogP contribution in [-0.2, 0) is 0 Å². The molecule has 0 spiro atoms. The van der Waals surface area contributed by atoms with Gasteiger partial charge in [0.15, 0.2) is 0 Å². The minimum Gasteiger partial charge on any atom is -0.348 e. The predicted molar refractivity (Wildman–Crippen MR) is 59.0 cm³/mol. The van der Waals surface area contributed by atoms with Crippen LogP contribution in [0.4, 0.5) is 0 Å². The molecule has 2 heterocycles. The lowest BCUT2D eigenvalue weighted by molar-refractivity contribution is 0.850. The molecular weight excluding hydrogens is 202 g/mol. The summed E-state index contributed by atoms with van der Waals surface area (Å²) < 4.78 is 0.478. The standard InChI is InChI=1S/C8H13N3S2/c1-5-7(11-4-10-5)8-12-2-6(9)3-13-8/h4,6,8H,2-3,9H2,1H3,(H,10,11). The molecule has 1 aromatic rings. The first-order valence-electron chi connectivity index (χ1n) is 4.26. The smallest absolute Gasteiger partial charge is 0.0941 e. The number of hydrogen-bond acceptors (Lipinski definition) is 4. The molecule has 13 heavy (non-hydrogen) atoms. The molecule has 1 aliphatic rings. The third-order valence-electron chi connectivity index (χ3n) is 2.02. The van der Waals surface area contributed by atoms with E-state index in [0.29, 0.717) is 10.6 Å². The van der Waals surface area contributed by atoms with Crippen LogP contribution in [0.3, 0.4) is 0 Å². The highest BCUT2D eigenvalue weighted by Gasteiger charge is 2.23. The van der Waals surface area contributed by atoms with Gasteiger partial charge in [0, 0.05) is 23.2 Å². The van der Waals surface area contributed by atoms with Crippen molar-refractivity contribution in [3.05, 3.63) is 17.7 Å². The summed E-state index contributed by atoms with van der Waals surface area (Å²) in [7, 11) is 0. The maximum absolute atomic E-state index is 5.82. The zero-order chi connectivity index (χ0) is 9.26. The first-order chi connectivity index (χ1) is 6.27. The number of imidazole rings is 1. The fourth-order valence-electron chi connectivity index (χ4n) is 1.28. The Morgan fingerprint density at radius 1 is 1.54 bits per heavy atom. The Kier molecular flexibility index (Phi) is 2.86. The zero-order valence-corrected chi connectivity index (χ0v) is 9.12. The number of nitrogens with two attached hydrogens (primary N) is 1. The van der Waals surface area contributed by atoms with Crippen molar-refractivity contribution in [3.63, 3.8) is 0 Å². The van der Waals surface area contributed by atoms with E-state index >= 15 is 0 Å². The van der Waals surface area contributed by atoms with E-state index in [9.17, 15) is 0 Å². The molecule has 0 radical (unpaired) electrons. The summed E-state index contributed by atoms with van der Waals surface area (Å²) in [5, 5.41) is 0. The number of rotatable bonds is 1. The van der Waals surface area contributed by atoms with E-state index in [-0.39, 0.29) is 0 Å². The van der Waals surface area contributed by atoms with Gasteiger partial charge in [-0.1, -0.05) is 0 Å². The van der Waals surface area contributed by atoms with Crippen LogP contribution >= 0.6 is 23.5 Å². The Balaban J connectivity index is 2.06. The highest BCUT2D eigenvalue weighted by Crippen LogP contribution is 2.43. The number of aryl methyl sites for hydroxylation is 1. The van der Waals surface area contributed by atoms with Crippen molar-refractivity contribution >= 4 is 23.5 Å². The summed E-state index contributed by atoms with van der Waals surface area (Å²) in [6, 6.07) is 0.352. The SMILES string of the molecule is Cc1[nH]cnc1C1SCC(N)CS1. The minimum absolute atomic E-state index is 0.352. The topological polar surface area (TPSA) is 54.7 Å². The number of thioether (sulfide) groups is 2. The summed E-state index contributed by atoms with van der Waals surface area (Å²) >= 11 is 3.80. The molecule has 1 saturated heterocycles. The van der Waals surface area contributed by atoms with E-state index < -0.39 is 0 Å². The van der Waals surface area contributed by atoms with E-state index in [0.717, 1.165) is 11.5 Å². The van der Waals surface area contributed by atoms with Crippen molar-refractivity contribution in [3.8, 4) is 0 Å². The summed E-state index contributed by atoms with van der Waals surface area (Å²) in [5.74, 6) is 2.09. The van der Waals surface area contributed by atoms with E-state index in [4.69, 9.17) is 5.73 Å². The molecule has 72 valence electrons. The van der Waals surface area contributed by atoms with Crippen molar-refractivity contribution < 1.29 is 0 Å². The molecule has 0 atom stereocenters. The second kappa shape index (κ2) is 3.94. The van der Waals surface area contributed by atoms with Crippen molar-refractivity contribution in [1.29, 1.82) is 0 Å². The van der Waals surface area contributed by atoms with Crippen LogP contribution in [0.5, 0.6) is 0 Å². The third-order valence-corrected chi connectivity index (χ3v) is 5.13. The maximum Gasteiger partial charge on any atom is 0.0941 e. The maximum atomic E-state index is 5.82. The highest BCUT2D eigenvalue weighted by molar-refractivity contribution is 8.17. The van der Waals surface area contributed by atoms with Gasteiger partial charge < -0.3 is 10.7 Å². The molecule has 0 amide bonds. The molecule has 1 fully saturated rings. The summed E-state index contributed by atoms with van der Waals surface area (Å²) in [6.45, 7) is 2.07. The first-order valence-corrected chi connectivity index (χ1v) is 6.36. The van der Waals surface area contributed by atoms with Crippen LogP contribution in [0.1, 0.15) is 16.0 Å². The van der Waals surface area contributed by atoms with E-state index in [1.54, 1.807) is 6.33 Å². The predicted octanol–water partition coefficient (Wildman–Crippen LogP) is 1.52. The zero-order valence-electron chi connectivity index (χ0n) is 7.49. The number of hydrogen-bond donors (Lipinski definition) is 2. The summed E-state index contributed by atoms with van der Waals surface area (Å²) in [4.78, 5) is 7.43. The van der Waals surface area contributed by atoms with Crippen LogP contribution in [0.25, 0.3) is 0 Å². The Bertz CT molecular complexity index is 279. The van der Waals surface area contributed by atoms with Gasteiger partial charge >= 0.3 is 0 Å². The van der Waals surface area contributed by atoms with Crippen LogP contribution in [0.15, 0.2) is 6.33 Å². The molecular formula is C8H13N3S2. The fraction of sp³-hybridized carbons (Fsp3) is 0.625. The van der Waals surface area contributed by atoms with Crippen LogP contribution in [0.2, 0.25) is 0 Å². The molecule has 2 rings (SSSR count). The lowest BCUT2D eigenvalue weighted by atomic mass is 10.4. The molecule has 0 unspecified atom stereocenters. The number of nitrogens with zero attached hydrogens (tertiary/aromatic N) is 1. The molecule has 1 aliphatic heterocycles. The van der Waals surface area contributed by atoms with Gasteiger partial charge in [-0.15, -0.1) is 23.5 Å². The third kappa shape index (κ3) is 2.03. The molecule has 0 bridgehead atoms. The number of aromatic amines is 1. The molecule has 1 aromatic heterocycles. The van der Waals surface area contributed by atoms with Gasteiger partial charge in [0.2, 0.25) is 0 Å². The molecule has 0 aliphatic carbocycles. The van der Waals surface area contributed by atoms with Gasteiger partial charge in [-0.3, -0.25) is 0 Å². The number of H-pyrrole nitrogens is 1. The Morgan fingerprint density at radius 3 is 2.77 bits per heavy atom. The molecule has 0 aromatic carbocycles. The lowest BCUT2D eigenvalue weighted by Gasteiger charge is -2.24. The normalized spacial score (nSPS) is 29.1. The quantitative estimate of drug-likeness (QED) is 0.746. The van der Waals surface area contributed by atoms with E-state index in [1.807, 2.05) is 23.5 Å². The van der Waals surface area contributed by atoms with Gasteiger partial charge in [-0.05, 0) is 6.92 Å². The lowest BCUT2D eigenvalue weighted by Crippen LogP contribution is -2.29. The average Bonchev–Trinajstić information content (AvgIpc) is 2.53. The monoisotopic (exact) mass is 215 g/mol. The van der Waals surface area contributed by atoms with Crippen molar-refractivity contribution in [1.82, 2.24) is 9.97 Å². The number of nitrogens with one attached hydrogen (secondary N) is 1. The van der Waals surface area contributed by atoms with E-state index in [1.165, 1.54) is 11.4 Å². The molecule has 3 nitrogen and oxygen atoms in total. The summed E-state index contributed by atoms with van der Waals surface area (Å²) in [5.41, 5.74) is 8.18. The van der Waals surface area contributed by atoms with Gasteiger partial charge in [-0.2, -0.15) is 0 Å². The highest BCUT2D eigenvalue weighted by atomic mass is 32.2. The Morgan fingerprint density at radius 2 is 2.23 bits per heavy atom. The van der Waals surface area contributed by atoms with Gasteiger partial charge in [0.05, 0.1) is 16.6 Å². The van der Waals surface area contributed by atoms with Crippen molar-refractivity contribution in [2.75, 3.05) is 11.5 Å². The first kappa shape index (κ1) is 9.43. The fourth-order valence-corrected chi connectivity index (χ4v) is 4.16. The van der Waals surface area contributed by atoms with Gasteiger partial charge in [-0.25, -0.2) is 4.98 Å².